The van der Waals surface area contributed by atoms with Crippen LogP contribution in [0.2, 0.25) is 0 Å². The highest BCUT2D eigenvalue weighted by Crippen LogP contribution is 2.31. The van der Waals surface area contributed by atoms with Crippen molar-refractivity contribution in [3.05, 3.63) is 60.3 Å². The predicted molar refractivity (Wildman–Crippen MR) is 140 cm³/mol. The fraction of sp³-hybridized carbons (Fsp3) is 0.407. The molecular formula is C27H32N4O4S. The van der Waals surface area contributed by atoms with Gasteiger partial charge in [-0.1, -0.05) is 31.0 Å². The van der Waals surface area contributed by atoms with Crippen LogP contribution in [0.15, 0.2) is 59.6 Å². The van der Waals surface area contributed by atoms with Gasteiger partial charge in [0.2, 0.25) is 0 Å². The molecule has 1 aromatic heterocycles. The summed E-state index contributed by atoms with van der Waals surface area (Å²) in [5.74, 6) is 1.02. The van der Waals surface area contributed by atoms with Crippen LogP contribution in [-0.4, -0.2) is 68.9 Å². The molecule has 2 aromatic carbocycles. The number of carbonyl (C=O) groups is 1. The molecule has 190 valence electrons. The van der Waals surface area contributed by atoms with E-state index in [1.165, 1.54) is 38.9 Å². The molecule has 0 radical (unpaired) electrons. The number of rotatable bonds is 7. The summed E-state index contributed by atoms with van der Waals surface area (Å²) in [5.41, 5.74) is 1.14. The molecule has 0 bridgehead atoms. The van der Waals surface area contributed by atoms with Crippen LogP contribution in [-0.2, 0) is 10.0 Å². The number of ether oxygens (including phenoxy) is 1. The monoisotopic (exact) mass is 508 g/mol. The number of aromatic nitrogens is 1. The second kappa shape index (κ2) is 10.4. The quantitative estimate of drug-likeness (QED) is 0.519. The van der Waals surface area contributed by atoms with Crippen molar-refractivity contribution in [2.75, 3.05) is 44.6 Å². The van der Waals surface area contributed by atoms with Crippen LogP contribution in [0, 0.1) is 5.92 Å². The molecule has 1 aliphatic carbocycles. The Bertz CT molecular complexity index is 1340. The van der Waals surface area contributed by atoms with Crippen molar-refractivity contribution in [3.8, 4) is 5.75 Å². The van der Waals surface area contributed by atoms with Crippen molar-refractivity contribution in [1.82, 2.24) is 14.8 Å². The van der Waals surface area contributed by atoms with Crippen LogP contribution in [0.25, 0.3) is 10.9 Å². The third-order valence-electron chi connectivity index (χ3n) is 7.23. The topological polar surface area (TPSA) is 91.8 Å². The highest BCUT2D eigenvalue weighted by molar-refractivity contribution is 7.93. The van der Waals surface area contributed by atoms with E-state index in [-0.39, 0.29) is 22.2 Å². The smallest absolute Gasteiger partial charge is 0.264 e. The lowest BCUT2D eigenvalue weighted by Crippen LogP contribution is -2.49. The van der Waals surface area contributed by atoms with Crippen LogP contribution in [0.5, 0.6) is 5.75 Å². The molecule has 2 fully saturated rings. The molecule has 9 heteroatoms. The van der Waals surface area contributed by atoms with E-state index in [0.717, 1.165) is 30.9 Å². The maximum absolute atomic E-state index is 13.2. The van der Waals surface area contributed by atoms with E-state index in [2.05, 4.69) is 14.6 Å². The number of carbonyl (C=O) groups excluding carboxylic acids is 1. The number of methoxy groups -OCH3 is 1. The average molecular weight is 509 g/mol. The molecule has 0 spiro atoms. The van der Waals surface area contributed by atoms with E-state index in [9.17, 15) is 13.2 Å². The zero-order chi connectivity index (χ0) is 25.1. The van der Waals surface area contributed by atoms with Crippen LogP contribution < -0.4 is 9.46 Å². The summed E-state index contributed by atoms with van der Waals surface area (Å²) in [7, 11) is -2.47. The number of sulfonamides is 1. The second-order valence-electron chi connectivity index (χ2n) is 9.60. The number of amides is 1. The summed E-state index contributed by atoms with van der Waals surface area (Å²) in [5, 5.41) is 0.733. The van der Waals surface area contributed by atoms with Gasteiger partial charge in [0.05, 0.1) is 18.3 Å². The third-order valence-corrected chi connectivity index (χ3v) is 8.63. The first-order chi connectivity index (χ1) is 17.4. The van der Waals surface area contributed by atoms with Crippen molar-refractivity contribution in [1.29, 1.82) is 0 Å². The minimum absolute atomic E-state index is 0.0681. The Morgan fingerprint density at radius 2 is 1.81 bits per heavy atom. The molecule has 1 N–H and O–H groups in total. The number of para-hydroxylation sites is 1. The number of piperazine rings is 1. The number of nitrogens with one attached hydrogen (secondary N) is 1. The van der Waals surface area contributed by atoms with Gasteiger partial charge in [0, 0.05) is 49.9 Å². The maximum atomic E-state index is 13.2. The molecular weight excluding hydrogens is 476 g/mol. The summed E-state index contributed by atoms with van der Waals surface area (Å²) < 4.78 is 34.5. The molecule has 3 aromatic rings. The predicted octanol–water partition coefficient (Wildman–Crippen LogP) is 3.99. The number of nitrogens with zero attached hydrogens (tertiary/aromatic N) is 3. The highest BCUT2D eigenvalue weighted by atomic mass is 32.2. The zero-order valence-electron chi connectivity index (χ0n) is 20.5. The molecule has 2 aliphatic rings. The highest BCUT2D eigenvalue weighted by Gasteiger charge is 2.26. The number of fused-ring (bicyclic) bond motifs is 1. The van der Waals surface area contributed by atoms with Gasteiger partial charge in [-0.05, 0) is 49.1 Å². The van der Waals surface area contributed by atoms with E-state index in [0.29, 0.717) is 24.2 Å². The lowest BCUT2D eigenvalue weighted by atomic mass is 10.1. The molecule has 2 heterocycles. The van der Waals surface area contributed by atoms with Crippen molar-refractivity contribution in [2.24, 2.45) is 5.92 Å². The van der Waals surface area contributed by atoms with Gasteiger partial charge in [-0.2, -0.15) is 0 Å². The van der Waals surface area contributed by atoms with Crippen LogP contribution in [0.1, 0.15) is 36.0 Å². The summed E-state index contributed by atoms with van der Waals surface area (Å²) in [6.07, 6.45) is 6.90. The minimum atomic E-state index is -3.94. The molecule has 1 saturated carbocycles. The fourth-order valence-corrected chi connectivity index (χ4v) is 6.53. The minimum Gasteiger partial charge on any atom is -0.495 e. The van der Waals surface area contributed by atoms with Crippen molar-refractivity contribution in [3.63, 3.8) is 0 Å². The number of hydrogen-bond acceptors (Lipinski definition) is 6. The zero-order valence-corrected chi connectivity index (χ0v) is 21.3. The molecule has 5 rings (SSSR count). The number of anilines is 1. The molecule has 0 atom stereocenters. The maximum Gasteiger partial charge on any atom is 0.264 e. The lowest BCUT2D eigenvalue weighted by molar-refractivity contribution is 0.0617. The first-order valence-electron chi connectivity index (χ1n) is 12.5. The third kappa shape index (κ3) is 5.17. The summed E-state index contributed by atoms with van der Waals surface area (Å²) in [6.45, 7) is 4.29. The van der Waals surface area contributed by atoms with Crippen molar-refractivity contribution >= 4 is 32.5 Å². The van der Waals surface area contributed by atoms with E-state index in [4.69, 9.17) is 4.74 Å². The Labute approximate surface area is 212 Å². The van der Waals surface area contributed by atoms with Crippen molar-refractivity contribution in [2.45, 2.75) is 30.6 Å². The largest absolute Gasteiger partial charge is 0.495 e. The van der Waals surface area contributed by atoms with Gasteiger partial charge in [-0.25, -0.2) is 8.42 Å². The molecule has 1 aliphatic heterocycles. The molecule has 36 heavy (non-hydrogen) atoms. The van der Waals surface area contributed by atoms with Crippen molar-refractivity contribution < 1.29 is 17.9 Å². The molecule has 0 unspecified atom stereocenters. The molecule has 1 amide bonds. The van der Waals surface area contributed by atoms with Gasteiger partial charge >= 0.3 is 0 Å². The summed E-state index contributed by atoms with van der Waals surface area (Å²) >= 11 is 0. The van der Waals surface area contributed by atoms with E-state index < -0.39 is 10.0 Å². The van der Waals surface area contributed by atoms with Gasteiger partial charge in [0.15, 0.2) is 0 Å². The average Bonchev–Trinajstić information content (AvgIpc) is 3.41. The van der Waals surface area contributed by atoms with Gasteiger partial charge < -0.3 is 9.64 Å². The Morgan fingerprint density at radius 3 is 2.56 bits per heavy atom. The Hall–Kier alpha value is -3.17. The lowest BCUT2D eigenvalue weighted by Gasteiger charge is -2.36. The number of benzene rings is 2. The van der Waals surface area contributed by atoms with Crippen LogP contribution in [0.3, 0.4) is 0 Å². The second-order valence-corrected chi connectivity index (χ2v) is 11.2. The van der Waals surface area contributed by atoms with Gasteiger partial charge in [-0.3, -0.25) is 19.4 Å². The number of hydrogen-bond donors (Lipinski definition) is 1. The Kier molecular flexibility index (Phi) is 7.11. The summed E-state index contributed by atoms with van der Waals surface area (Å²) in [4.78, 5) is 21.9. The molecule has 8 nitrogen and oxygen atoms in total. The van der Waals surface area contributed by atoms with E-state index in [1.54, 1.807) is 36.5 Å². The van der Waals surface area contributed by atoms with Crippen LogP contribution >= 0.6 is 0 Å². The fourth-order valence-electron chi connectivity index (χ4n) is 5.28. The first-order valence-corrected chi connectivity index (χ1v) is 14.0. The molecule has 1 saturated heterocycles. The Balaban J connectivity index is 1.29. The number of pyridine rings is 1. The van der Waals surface area contributed by atoms with Crippen LogP contribution in [0.4, 0.5) is 5.69 Å². The first kappa shape index (κ1) is 24.5. The van der Waals surface area contributed by atoms with E-state index >= 15 is 0 Å². The van der Waals surface area contributed by atoms with E-state index in [1.807, 2.05) is 17.0 Å². The Morgan fingerprint density at radius 1 is 1.06 bits per heavy atom. The summed E-state index contributed by atoms with van der Waals surface area (Å²) in [6, 6.07) is 13.4. The standard InChI is InChI=1S/C27H32N4O4S/c1-35-24-18-22(27(32)31-16-14-30(15-17-31)19-20-6-2-3-7-20)11-12-23(24)29-36(33,34)25-10-4-8-21-9-5-13-28-26(21)25/h4-5,8-13,18,20,29H,2-3,6-7,14-17,19H2,1H3. The van der Waals surface area contributed by atoms with Gasteiger partial charge in [-0.15, -0.1) is 0 Å². The van der Waals surface area contributed by atoms with Gasteiger partial charge in [0.25, 0.3) is 15.9 Å². The SMILES string of the molecule is COc1cc(C(=O)N2CCN(CC3CCCC3)CC2)ccc1NS(=O)(=O)c1cccc2cccnc12. The van der Waals surface area contributed by atoms with Gasteiger partial charge in [0.1, 0.15) is 10.6 Å². The normalized spacial score (nSPS) is 17.4.